The third-order valence-corrected chi connectivity index (χ3v) is 4.15. The number of thiazole rings is 1. The summed E-state index contributed by atoms with van der Waals surface area (Å²) in [6.07, 6.45) is 0.119. The molecule has 0 aliphatic rings. The van der Waals surface area contributed by atoms with E-state index in [1.54, 1.807) is 11.3 Å². The molecular formula is C16H21N3O2S. The van der Waals surface area contributed by atoms with Crippen LogP contribution in [0.3, 0.4) is 0 Å². The number of rotatable bonds is 8. The lowest BCUT2D eigenvalue weighted by Gasteiger charge is -2.23. The number of anilines is 1. The molecule has 0 unspecified atom stereocenters. The molecule has 1 aromatic heterocycles. The van der Waals surface area contributed by atoms with Gasteiger partial charge in [0.1, 0.15) is 0 Å². The van der Waals surface area contributed by atoms with E-state index in [1.807, 2.05) is 54.7 Å². The molecule has 0 aliphatic carbocycles. The summed E-state index contributed by atoms with van der Waals surface area (Å²) in [5.74, 6) is -0.783. The van der Waals surface area contributed by atoms with Gasteiger partial charge in [0, 0.05) is 30.6 Å². The van der Waals surface area contributed by atoms with Crippen molar-refractivity contribution in [2.75, 3.05) is 38.6 Å². The molecule has 0 fully saturated rings. The lowest BCUT2D eigenvalue weighted by Crippen LogP contribution is -2.33. The zero-order chi connectivity index (χ0) is 15.9. The topological polar surface area (TPSA) is 56.7 Å². The zero-order valence-electron chi connectivity index (χ0n) is 12.9. The van der Waals surface area contributed by atoms with Crippen LogP contribution in [-0.4, -0.2) is 54.7 Å². The molecule has 1 aromatic carbocycles. The molecule has 0 spiro atoms. The predicted octanol–water partition coefficient (Wildman–Crippen LogP) is 2.65. The van der Waals surface area contributed by atoms with Crippen LogP contribution in [0.5, 0.6) is 0 Å². The van der Waals surface area contributed by atoms with Gasteiger partial charge < -0.3 is 14.9 Å². The summed E-state index contributed by atoms with van der Waals surface area (Å²) in [5.41, 5.74) is 2.02. The van der Waals surface area contributed by atoms with Gasteiger partial charge in [-0.25, -0.2) is 4.98 Å². The minimum Gasteiger partial charge on any atom is -0.481 e. The Hall–Kier alpha value is -1.92. The zero-order valence-corrected chi connectivity index (χ0v) is 13.7. The molecule has 2 rings (SSSR count). The Morgan fingerprint density at radius 2 is 1.91 bits per heavy atom. The van der Waals surface area contributed by atoms with Gasteiger partial charge in [0.05, 0.1) is 12.1 Å². The van der Waals surface area contributed by atoms with Crippen molar-refractivity contribution in [1.29, 1.82) is 0 Å². The second-order valence-corrected chi connectivity index (χ2v) is 6.15. The Morgan fingerprint density at radius 3 is 2.55 bits per heavy atom. The Balaban J connectivity index is 2.12. The van der Waals surface area contributed by atoms with Crippen molar-refractivity contribution in [3.8, 4) is 11.3 Å². The summed E-state index contributed by atoms with van der Waals surface area (Å²) in [4.78, 5) is 19.6. The number of nitrogens with zero attached hydrogens (tertiary/aromatic N) is 3. The molecule has 118 valence electrons. The number of carbonyl (C=O) groups is 1. The second kappa shape index (κ2) is 7.91. The Bertz CT molecular complexity index is 598. The van der Waals surface area contributed by atoms with Crippen LogP contribution in [0, 0.1) is 0 Å². The SMILES string of the molecule is CN(C)CCN(CCC(=O)O)c1nc(-c2ccccc2)cs1. The molecule has 0 amide bonds. The van der Waals surface area contributed by atoms with Crippen LogP contribution < -0.4 is 4.90 Å². The summed E-state index contributed by atoms with van der Waals surface area (Å²) >= 11 is 1.56. The van der Waals surface area contributed by atoms with Crippen molar-refractivity contribution in [3.63, 3.8) is 0 Å². The average molecular weight is 319 g/mol. The first-order chi connectivity index (χ1) is 10.6. The van der Waals surface area contributed by atoms with Crippen molar-refractivity contribution < 1.29 is 9.90 Å². The molecular weight excluding hydrogens is 298 g/mol. The van der Waals surface area contributed by atoms with Gasteiger partial charge in [-0.1, -0.05) is 30.3 Å². The van der Waals surface area contributed by atoms with Gasteiger partial charge in [-0.2, -0.15) is 0 Å². The van der Waals surface area contributed by atoms with E-state index in [-0.39, 0.29) is 6.42 Å². The third kappa shape index (κ3) is 4.82. The molecule has 0 saturated heterocycles. The second-order valence-electron chi connectivity index (χ2n) is 5.32. The summed E-state index contributed by atoms with van der Waals surface area (Å²) < 4.78 is 0. The number of aliphatic carboxylic acids is 1. The lowest BCUT2D eigenvalue weighted by atomic mass is 10.2. The van der Waals surface area contributed by atoms with Crippen molar-refractivity contribution in [2.45, 2.75) is 6.42 Å². The van der Waals surface area contributed by atoms with E-state index < -0.39 is 5.97 Å². The van der Waals surface area contributed by atoms with Crippen LogP contribution in [0.1, 0.15) is 6.42 Å². The van der Waals surface area contributed by atoms with Crippen LogP contribution in [0.25, 0.3) is 11.3 Å². The molecule has 0 radical (unpaired) electrons. The molecule has 0 atom stereocenters. The minimum atomic E-state index is -0.783. The van der Waals surface area contributed by atoms with Crippen LogP contribution >= 0.6 is 11.3 Å². The summed E-state index contributed by atoms with van der Waals surface area (Å²) in [7, 11) is 4.01. The normalized spacial score (nSPS) is 10.9. The maximum atomic E-state index is 10.8. The molecule has 6 heteroatoms. The van der Waals surface area contributed by atoms with Crippen molar-refractivity contribution in [3.05, 3.63) is 35.7 Å². The van der Waals surface area contributed by atoms with Gasteiger partial charge in [0.2, 0.25) is 0 Å². The monoisotopic (exact) mass is 319 g/mol. The highest BCUT2D eigenvalue weighted by Crippen LogP contribution is 2.27. The van der Waals surface area contributed by atoms with E-state index in [0.29, 0.717) is 6.54 Å². The number of likely N-dealkylation sites (N-methyl/N-ethyl adjacent to an activating group) is 1. The number of carboxylic acids is 1. The first-order valence-electron chi connectivity index (χ1n) is 7.18. The van der Waals surface area contributed by atoms with Gasteiger partial charge in [0.15, 0.2) is 5.13 Å². The van der Waals surface area contributed by atoms with E-state index in [0.717, 1.165) is 29.5 Å². The fourth-order valence-corrected chi connectivity index (χ4v) is 2.89. The van der Waals surface area contributed by atoms with Gasteiger partial charge in [-0.05, 0) is 14.1 Å². The number of carboxylic acid groups (broad SMARTS) is 1. The molecule has 1 N–H and O–H groups in total. The summed E-state index contributed by atoms with van der Waals surface area (Å²) in [6, 6.07) is 10.0. The Morgan fingerprint density at radius 1 is 1.18 bits per heavy atom. The Labute approximate surface area is 134 Å². The molecule has 0 aliphatic heterocycles. The third-order valence-electron chi connectivity index (χ3n) is 3.24. The first-order valence-corrected chi connectivity index (χ1v) is 8.06. The predicted molar refractivity (Wildman–Crippen MR) is 90.6 cm³/mol. The standard InChI is InChI=1S/C16H21N3O2S/c1-18(2)10-11-19(9-8-15(20)21)16-17-14(12-22-16)13-6-4-3-5-7-13/h3-7,12H,8-11H2,1-2H3,(H,20,21). The molecule has 1 heterocycles. The fraction of sp³-hybridized carbons (Fsp3) is 0.375. The van der Waals surface area contributed by atoms with Crippen LogP contribution in [0.4, 0.5) is 5.13 Å². The molecule has 0 saturated carbocycles. The first kappa shape index (κ1) is 16.5. The number of aromatic nitrogens is 1. The molecule has 2 aromatic rings. The van der Waals surface area contributed by atoms with Crippen molar-refractivity contribution in [1.82, 2.24) is 9.88 Å². The smallest absolute Gasteiger partial charge is 0.305 e. The minimum absolute atomic E-state index is 0.119. The average Bonchev–Trinajstić information content (AvgIpc) is 2.97. The van der Waals surface area contributed by atoms with E-state index in [1.165, 1.54) is 0 Å². The van der Waals surface area contributed by atoms with Crippen LogP contribution in [-0.2, 0) is 4.79 Å². The number of hydrogen-bond donors (Lipinski definition) is 1. The lowest BCUT2D eigenvalue weighted by molar-refractivity contribution is -0.136. The Kier molecular flexibility index (Phi) is 5.91. The van der Waals surface area contributed by atoms with E-state index in [9.17, 15) is 4.79 Å². The van der Waals surface area contributed by atoms with Crippen LogP contribution in [0.15, 0.2) is 35.7 Å². The van der Waals surface area contributed by atoms with Gasteiger partial charge >= 0.3 is 5.97 Å². The van der Waals surface area contributed by atoms with Crippen LogP contribution in [0.2, 0.25) is 0 Å². The highest BCUT2D eigenvalue weighted by molar-refractivity contribution is 7.14. The summed E-state index contributed by atoms with van der Waals surface area (Å²) in [5, 5.41) is 11.8. The highest BCUT2D eigenvalue weighted by Gasteiger charge is 2.13. The van der Waals surface area contributed by atoms with E-state index in [4.69, 9.17) is 5.11 Å². The number of hydrogen-bond acceptors (Lipinski definition) is 5. The van der Waals surface area contributed by atoms with Gasteiger partial charge in [-0.15, -0.1) is 11.3 Å². The number of benzene rings is 1. The van der Waals surface area contributed by atoms with Gasteiger partial charge in [-0.3, -0.25) is 4.79 Å². The molecule has 22 heavy (non-hydrogen) atoms. The molecule has 0 bridgehead atoms. The summed E-state index contributed by atoms with van der Waals surface area (Å²) in [6.45, 7) is 2.10. The largest absolute Gasteiger partial charge is 0.481 e. The van der Waals surface area contributed by atoms with Crippen molar-refractivity contribution >= 4 is 22.4 Å². The maximum Gasteiger partial charge on any atom is 0.305 e. The fourth-order valence-electron chi connectivity index (χ4n) is 2.01. The maximum absolute atomic E-state index is 10.8. The van der Waals surface area contributed by atoms with Gasteiger partial charge in [0.25, 0.3) is 0 Å². The highest BCUT2D eigenvalue weighted by atomic mass is 32.1. The van der Waals surface area contributed by atoms with E-state index in [2.05, 4.69) is 9.88 Å². The quantitative estimate of drug-likeness (QED) is 0.810. The van der Waals surface area contributed by atoms with Crippen molar-refractivity contribution in [2.24, 2.45) is 0 Å². The van der Waals surface area contributed by atoms with E-state index >= 15 is 0 Å². The molecule has 5 nitrogen and oxygen atoms in total.